The van der Waals surface area contributed by atoms with E-state index in [1.807, 2.05) is 30.3 Å². The summed E-state index contributed by atoms with van der Waals surface area (Å²) in [5.41, 5.74) is 4.05. The Morgan fingerprint density at radius 2 is 2.23 bits per heavy atom. The molecule has 1 N–H and O–H groups in total. The number of carbonyl (C=O) groups excluding carboxylic acids is 1. The Labute approximate surface area is 155 Å². The molecule has 134 valence electrons. The van der Waals surface area contributed by atoms with Crippen LogP contribution in [0.3, 0.4) is 0 Å². The summed E-state index contributed by atoms with van der Waals surface area (Å²) < 4.78 is 7.26. The third-order valence-electron chi connectivity index (χ3n) is 4.28. The maximum absolute atomic E-state index is 12.4. The molecule has 1 fully saturated rings. The van der Waals surface area contributed by atoms with Gasteiger partial charge in [0.05, 0.1) is 41.5 Å². The van der Waals surface area contributed by atoms with Crippen molar-refractivity contribution in [2.75, 3.05) is 6.61 Å². The summed E-state index contributed by atoms with van der Waals surface area (Å²) in [6.07, 6.45) is 3.93. The molecule has 1 amide bonds. The Kier molecular flexibility index (Phi) is 5.03. The maximum Gasteiger partial charge on any atom is 0.273 e. The fraction of sp³-hybridized carbons (Fsp3) is 0.333. The lowest BCUT2D eigenvalue weighted by Crippen LogP contribution is -2.23. The molecule has 8 heteroatoms. The van der Waals surface area contributed by atoms with Crippen LogP contribution in [-0.4, -0.2) is 38.6 Å². The van der Waals surface area contributed by atoms with E-state index in [9.17, 15) is 4.79 Å². The molecule has 2 aromatic heterocycles. The van der Waals surface area contributed by atoms with Crippen molar-refractivity contribution in [3.63, 3.8) is 0 Å². The van der Waals surface area contributed by atoms with Gasteiger partial charge >= 0.3 is 0 Å². The second-order valence-electron chi connectivity index (χ2n) is 6.13. The number of amides is 1. The molecule has 7 nitrogen and oxygen atoms in total. The van der Waals surface area contributed by atoms with Gasteiger partial charge in [0.15, 0.2) is 5.69 Å². The van der Waals surface area contributed by atoms with Gasteiger partial charge in [-0.15, -0.1) is 16.4 Å². The van der Waals surface area contributed by atoms with Crippen molar-refractivity contribution in [1.29, 1.82) is 0 Å². The Morgan fingerprint density at radius 1 is 1.35 bits per heavy atom. The van der Waals surface area contributed by atoms with Crippen LogP contribution in [0.4, 0.5) is 0 Å². The SMILES string of the molecule is O=C(NCc1scnc1-c1ccccc1)c1cn(CC2CCCO2)nn1. The van der Waals surface area contributed by atoms with E-state index in [1.165, 1.54) is 11.3 Å². The first kappa shape index (κ1) is 16.9. The summed E-state index contributed by atoms with van der Waals surface area (Å²) in [4.78, 5) is 17.8. The fourth-order valence-corrected chi connectivity index (χ4v) is 3.69. The van der Waals surface area contributed by atoms with Crippen molar-refractivity contribution in [3.8, 4) is 11.3 Å². The third kappa shape index (κ3) is 3.81. The van der Waals surface area contributed by atoms with Crippen molar-refractivity contribution < 1.29 is 9.53 Å². The molecule has 3 heterocycles. The average molecular weight is 369 g/mol. The lowest BCUT2D eigenvalue weighted by atomic mass is 10.1. The van der Waals surface area contributed by atoms with Gasteiger partial charge in [0.2, 0.25) is 0 Å². The third-order valence-corrected chi connectivity index (χ3v) is 5.12. The van der Waals surface area contributed by atoms with E-state index in [0.717, 1.165) is 35.6 Å². The smallest absolute Gasteiger partial charge is 0.273 e. The first-order chi connectivity index (χ1) is 12.8. The van der Waals surface area contributed by atoms with E-state index in [4.69, 9.17) is 4.74 Å². The quantitative estimate of drug-likeness (QED) is 0.722. The lowest BCUT2D eigenvalue weighted by molar-refractivity contribution is 0.0929. The van der Waals surface area contributed by atoms with Gasteiger partial charge in [-0.1, -0.05) is 35.5 Å². The summed E-state index contributed by atoms with van der Waals surface area (Å²) in [7, 11) is 0. The van der Waals surface area contributed by atoms with Crippen LogP contribution in [0.15, 0.2) is 42.0 Å². The minimum atomic E-state index is -0.240. The van der Waals surface area contributed by atoms with Crippen LogP contribution in [0.2, 0.25) is 0 Å². The Hall–Kier alpha value is -2.58. The number of aromatic nitrogens is 4. The predicted octanol–water partition coefficient (Wildman–Crippen LogP) is 2.51. The molecule has 0 saturated carbocycles. The fourth-order valence-electron chi connectivity index (χ4n) is 2.97. The van der Waals surface area contributed by atoms with Gasteiger partial charge in [-0.25, -0.2) is 9.67 Å². The van der Waals surface area contributed by atoms with Crippen molar-refractivity contribution in [2.45, 2.75) is 32.0 Å². The number of rotatable bonds is 6. The molecule has 1 aromatic carbocycles. The van der Waals surface area contributed by atoms with E-state index in [0.29, 0.717) is 18.8 Å². The van der Waals surface area contributed by atoms with Gasteiger partial charge in [-0.3, -0.25) is 4.79 Å². The number of hydrogen-bond acceptors (Lipinski definition) is 6. The van der Waals surface area contributed by atoms with Crippen LogP contribution in [-0.2, 0) is 17.8 Å². The van der Waals surface area contributed by atoms with E-state index in [-0.39, 0.29) is 12.0 Å². The molecule has 1 aliphatic heterocycles. The molecule has 1 atom stereocenters. The highest BCUT2D eigenvalue weighted by Gasteiger charge is 2.18. The van der Waals surface area contributed by atoms with E-state index >= 15 is 0 Å². The molecular formula is C18H19N5O2S. The molecule has 3 aromatic rings. The van der Waals surface area contributed by atoms with Gasteiger partial charge in [0.25, 0.3) is 5.91 Å². The molecule has 4 rings (SSSR count). The molecular weight excluding hydrogens is 350 g/mol. The standard InChI is InChI=1S/C18H19N5O2S/c24-18(15-11-23(22-21-15)10-14-7-4-8-25-14)19-9-16-17(20-12-26-16)13-5-2-1-3-6-13/h1-3,5-6,11-12,14H,4,7-10H2,(H,19,24). The topological polar surface area (TPSA) is 81.9 Å². The minimum absolute atomic E-state index is 0.165. The van der Waals surface area contributed by atoms with Crippen molar-refractivity contribution in [1.82, 2.24) is 25.3 Å². The summed E-state index contributed by atoms with van der Waals surface area (Å²) in [6, 6.07) is 9.94. The first-order valence-corrected chi connectivity index (χ1v) is 9.45. The van der Waals surface area contributed by atoms with Crippen LogP contribution in [0.25, 0.3) is 11.3 Å². The molecule has 26 heavy (non-hydrogen) atoms. The average Bonchev–Trinajstić information content (AvgIpc) is 3.43. The largest absolute Gasteiger partial charge is 0.376 e. The first-order valence-electron chi connectivity index (χ1n) is 8.57. The molecule has 1 aliphatic rings. The van der Waals surface area contributed by atoms with E-state index < -0.39 is 0 Å². The van der Waals surface area contributed by atoms with Crippen LogP contribution in [0.1, 0.15) is 28.2 Å². The summed E-state index contributed by atoms with van der Waals surface area (Å²) in [5, 5.41) is 10.9. The summed E-state index contributed by atoms with van der Waals surface area (Å²) in [6.45, 7) is 1.84. The molecule has 1 saturated heterocycles. The lowest BCUT2D eigenvalue weighted by Gasteiger charge is -2.07. The normalized spacial score (nSPS) is 16.7. The van der Waals surface area contributed by atoms with Gasteiger partial charge in [-0.2, -0.15) is 0 Å². The number of carbonyl (C=O) groups is 1. The van der Waals surface area contributed by atoms with Gasteiger partial charge in [0, 0.05) is 12.2 Å². The van der Waals surface area contributed by atoms with E-state index in [2.05, 4.69) is 20.6 Å². The van der Waals surface area contributed by atoms with Crippen molar-refractivity contribution in [2.24, 2.45) is 0 Å². The van der Waals surface area contributed by atoms with Crippen molar-refractivity contribution >= 4 is 17.2 Å². The Balaban J connectivity index is 1.37. The molecule has 0 bridgehead atoms. The molecule has 0 spiro atoms. The summed E-state index contributed by atoms with van der Waals surface area (Å²) >= 11 is 1.52. The Morgan fingerprint density at radius 3 is 3.04 bits per heavy atom. The summed E-state index contributed by atoms with van der Waals surface area (Å²) in [5.74, 6) is -0.240. The Bertz CT molecular complexity index is 871. The zero-order valence-electron chi connectivity index (χ0n) is 14.2. The second kappa shape index (κ2) is 7.76. The highest BCUT2D eigenvalue weighted by atomic mass is 32.1. The number of thiazole rings is 1. The van der Waals surface area contributed by atoms with Gasteiger partial charge in [-0.05, 0) is 12.8 Å². The zero-order chi connectivity index (χ0) is 17.8. The van der Waals surface area contributed by atoms with E-state index in [1.54, 1.807) is 16.4 Å². The van der Waals surface area contributed by atoms with Crippen molar-refractivity contribution in [3.05, 3.63) is 52.6 Å². The van der Waals surface area contributed by atoms with Gasteiger partial charge < -0.3 is 10.1 Å². The number of ether oxygens (including phenoxy) is 1. The second-order valence-corrected chi connectivity index (χ2v) is 7.07. The van der Waals surface area contributed by atoms with Crippen LogP contribution in [0, 0.1) is 0 Å². The molecule has 0 aliphatic carbocycles. The molecule has 0 radical (unpaired) electrons. The van der Waals surface area contributed by atoms with Gasteiger partial charge in [0.1, 0.15) is 0 Å². The number of nitrogens with zero attached hydrogens (tertiary/aromatic N) is 4. The van der Waals surface area contributed by atoms with Crippen LogP contribution in [0.5, 0.6) is 0 Å². The maximum atomic E-state index is 12.4. The monoisotopic (exact) mass is 369 g/mol. The predicted molar refractivity (Wildman–Crippen MR) is 97.7 cm³/mol. The number of nitrogens with one attached hydrogen (secondary N) is 1. The highest BCUT2D eigenvalue weighted by Crippen LogP contribution is 2.25. The number of hydrogen-bond donors (Lipinski definition) is 1. The minimum Gasteiger partial charge on any atom is -0.376 e. The van der Waals surface area contributed by atoms with Crippen LogP contribution < -0.4 is 5.32 Å². The zero-order valence-corrected chi connectivity index (χ0v) is 15.0. The highest BCUT2D eigenvalue weighted by molar-refractivity contribution is 7.10. The van der Waals surface area contributed by atoms with Crippen LogP contribution >= 0.6 is 11.3 Å². The number of benzene rings is 1. The molecule has 1 unspecified atom stereocenters.